The van der Waals surface area contributed by atoms with Gasteiger partial charge >= 0.3 is 0 Å². The van der Waals surface area contributed by atoms with Crippen LogP contribution in [-0.4, -0.2) is 63.1 Å². The van der Waals surface area contributed by atoms with Crippen molar-refractivity contribution in [1.82, 2.24) is 9.62 Å². The van der Waals surface area contributed by atoms with Crippen LogP contribution < -0.4 is 9.46 Å². The van der Waals surface area contributed by atoms with Gasteiger partial charge < -0.3 is 9.64 Å². The van der Waals surface area contributed by atoms with E-state index >= 15 is 0 Å². The molecule has 3 rings (SSSR count). The average Bonchev–Trinajstić information content (AvgIpc) is 3.31. The van der Waals surface area contributed by atoms with Gasteiger partial charge in [0.25, 0.3) is 0 Å². The normalized spacial score (nSPS) is 15.4. The molecule has 0 aromatic heterocycles. The predicted octanol–water partition coefficient (Wildman–Crippen LogP) is 3.23. The van der Waals surface area contributed by atoms with Crippen LogP contribution in [0.5, 0.6) is 5.75 Å². The van der Waals surface area contributed by atoms with Crippen molar-refractivity contribution in [3.05, 3.63) is 64.2 Å². The quantitative estimate of drug-likeness (QED) is 0.278. The lowest BCUT2D eigenvalue weighted by molar-refractivity contribution is -0.125. The Bertz CT molecular complexity index is 1490. The van der Waals surface area contributed by atoms with E-state index in [4.69, 9.17) is 11.2 Å². The van der Waals surface area contributed by atoms with E-state index in [9.17, 15) is 18.5 Å². The number of benzene rings is 2. The summed E-state index contributed by atoms with van der Waals surface area (Å²) in [5.41, 5.74) is 4.87. The molecule has 2 aromatic carbocycles. The number of amides is 1. The van der Waals surface area contributed by atoms with E-state index in [1.807, 2.05) is 38.1 Å². The summed E-state index contributed by atoms with van der Waals surface area (Å²) in [5, 5.41) is 18.2. The molecule has 9 nitrogen and oxygen atoms in total. The van der Waals surface area contributed by atoms with Gasteiger partial charge in [-0.1, -0.05) is 18.2 Å². The highest BCUT2D eigenvalue weighted by Gasteiger charge is 2.27. The molecule has 1 aliphatic rings. The number of nitrogens with one attached hydrogen (secondary N) is 1. The van der Waals surface area contributed by atoms with Crippen LogP contribution in [0.25, 0.3) is 0 Å². The molecule has 1 N–H and O–H groups in total. The van der Waals surface area contributed by atoms with Crippen molar-refractivity contribution in [2.24, 2.45) is 10.2 Å². The number of nitriles is 1. The third kappa shape index (κ3) is 7.53. The van der Waals surface area contributed by atoms with Gasteiger partial charge in [-0.05, 0) is 80.3 Å². The molecule has 0 aliphatic heterocycles. The van der Waals surface area contributed by atoms with E-state index in [1.165, 1.54) is 19.0 Å². The van der Waals surface area contributed by atoms with Gasteiger partial charge in [0.05, 0.1) is 17.4 Å². The molecule has 1 atom stereocenters. The molecule has 204 valence electrons. The van der Waals surface area contributed by atoms with Crippen LogP contribution in [0, 0.1) is 23.7 Å². The predicted molar refractivity (Wildman–Crippen MR) is 152 cm³/mol. The zero-order chi connectivity index (χ0) is 28.7. The van der Waals surface area contributed by atoms with E-state index in [-0.39, 0.29) is 18.6 Å². The summed E-state index contributed by atoms with van der Waals surface area (Å²) in [5.74, 6) is 2.02. The van der Waals surface area contributed by atoms with Crippen LogP contribution in [0.15, 0.2) is 46.6 Å². The number of hydrogen-bond acceptors (Lipinski definition) is 7. The number of nitrogens with zero attached hydrogens (tertiary/aromatic N) is 4. The largest absolute Gasteiger partial charge is 0.490 e. The highest BCUT2D eigenvalue weighted by atomic mass is 32.2. The summed E-state index contributed by atoms with van der Waals surface area (Å²) in [6.45, 7) is 5.77. The van der Waals surface area contributed by atoms with Gasteiger partial charge in [-0.25, -0.2) is 13.1 Å². The molecule has 1 amide bonds. The fraction of sp³-hybridized carbons (Fsp3) is 0.379. The highest BCUT2D eigenvalue weighted by molar-refractivity contribution is 7.90. The number of carbonyl (C=O) groups excluding carboxylic acids is 1. The van der Waals surface area contributed by atoms with Crippen molar-refractivity contribution in [2.45, 2.75) is 45.6 Å². The number of terminal acetylenes is 1. The van der Waals surface area contributed by atoms with Crippen LogP contribution >= 0.6 is 0 Å². The van der Waals surface area contributed by atoms with Crippen molar-refractivity contribution < 1.29 is 17.9 Å². The Kier molecular flexibility index (Phi) is 9.63. The third-order valence-corrected chi connectivity index (χ3v) is 7.56. The molecule has 0 bridgehead atoms. The number of sulfonamides is 1. The first kappa shape index (κ1) is 29.6. The highest BCUT2D eigenvalue weighted by Crippen LogP contribution is 2.35. The minimum Gasteiger partial charge on any atom is -0.490 e. The number of ether oxygens (including phenoxy) is 1. The van der Waals surface area contributed by atoms with Gasteiger partial charge in [-0.15, -0.1) is 11.5 Å². The second kappa shape index (κ2) is 12.7. The first-order valence-corrected chi connectivity index (χ1v) is 14.2. The summed E-state index contributed by atoms with van der Waals surface area (Å²) in [6, 6.07) is 13.1. The van der Waals surface area contributed by atoms with E-state index in [0.717, 1.165) is 28.7 Å². The standard InChI is InChI=1S/C29H33N5O4S/c1-7-27(33-32-20(4)21-12-14-28(38-19(2)3)23(15-21)16-30)26-10-8-9-24-22(11-13-25(24)26)17-31-39(36,37)18-29(35)34(5)6/h1,8-10,12,14-15,19,22,31H,11,13,17-18H2,2-6H3/b32-20+,33-27+. The second-order valence-corrected chi connectivity index (χ2v) is 11.6. The molecule has 39 heavy (non-hydrogen) atoms. The molecule has 0 spiro atoms. The Morgan fingerprint density at radius 3 is 2.64 bits per heavy atom. The van der Waals surface area contributed by atoms with E-state index in [0.29, 0.717) is 29.2 Å². The molecule has 1 unspecified atom stereocenters. The number of fused-ring (bicyclic) bond motifs is 1. The lowest BCUT2D eigenvalue weighted by atomic mass is 9.96. The number of rotatable bonds is 10. The maximum atomic E-state index is 12.4. The minimum atomic E-state index is -3.75. The molecule has 0 heterocycles. The van der Waals surface area contributed by atoms with Gasteiger partial charge in [0.15, 0.2) is 0 Å². The molecular formula is C29H33N5O4S. The molecule has 0 saturated carbocycles. The molecule has 0 radical (unpaired) electrons. The lowest BCUT2D eigenvalue weighted by Crippen LogP contribution is -2.37. The topological polar surface area (TPSA) is 124 Å². The Morgan fingerprint density at radius 1 is 1.26 bits per heavy atom. The smallest absolute Gasteiger partial charge is 0.238 e. The third-order valence-electron chi connectivity index (χ3n) is 6.33. The minimum absolute atomic E-state index is 0.0515. The van der Waals surface area contributed by atoms with Crippen LogP contribution in [0.3, 0.4) is 0 Å². The summed E-state index contributed by atoms with van der Waals surface area (Å²) >= 11 is 0. The first-order chi connectivity index (χ1) is 18.5. The van der Waals surface area contributed by atoms with Crippen molar-refractivity contribution in [2.75, 3.05) is 26.4 Å². The van der Waals surface area contributed by atoms with Gasteiger partial charge in [-0.3, -0.25) is 4.79 Å². The monoisotopic (exact) mass is 547 g/mol. The molecule has 2 aromatic rings. The Morgan fingerprint density at radius 2 is 2.00 bits per heavy atom. The SMILES string of the molecule is C#C/C(=N\N=C(/C)c1ccc(OC(C)C)c(C#N)c1)c1cccc2c1CCC2CNS(=O)(=O)CC(=O)N(C)C. The van der Waals surface area contributed by atoms with Crippen LogP contribution in [0.4, 0.5) is 0 Å². The van der Waals surface area contributed by atoms with Crippen LogP contribution in [0.1, 0.15) is 60.9 Å². The number of hydrogen-bond donors (Lipinski definition) is 1. The fourth-order valence-corrected chi connectivity index (χ4v) is 5.43. The van der Waals surface area contributed by atoms with Gasteiger partial charge in [-0.2, -0.15) is 10.4 Å². The van der Waals surface area contributed by atoms with Gasteiger partial charge in [0, 0.05) is 26.2 Å². The van der Waals surface area contributed by atoms with E-state index in [1.54, 1.807) is 19.1 Å². The first-order valence-electron chi connectivity index (χ1n) is 12.6. The average molecular weight is 548 g/mol. The van der Waals surface area contributed by atoms with Crippen molar-refractivity contribution in [1.29, 1.82) is 5.26 Å². The summed E-state index contributed by atoms with van der Waals surface area (Å²) < 4.78 is 33.0. The maximum Gasteiger partial charge on any atom is 0.238 e. The molecule has 0 fully saturated rings. The Hall–Kier alpha value is -3.99. The Labute approximate surface area is 230 Å². The zero-order valence-corrected chi connectivity index (χ0v) is 23.7. The van der Waals surface area contributed by atoms with Crippen molar-refractivity contribution in [3.63, 3.8) is 0 Å². The summed E-state index contributed by atoms with van der Waals surface area (Å²) in [7, 11) is -0.711. The fourth-order valence-electron chi connectivity index (χ4n) is 4.29. The summed E-state index contributed by atoms with van der Waals surface area (Å²) in [6.07, 6.45) is 7.21. The van der Waals surface area contributed by atoms with E-state index in [2.05, 4.69) is 26.9 Å². The van der Waals surface area contributed by atoms with Gasteiger partial charge in [0.1, 0.15) is 23.3 Å². The summed E-state index contributed by atoms with van der Waals surface area (Å²) in [4.78, 5) is 13.1. The van der Waals surface area contributed by atoms with Crippen molar-refractivity contribution >= 4 is 27.4 Å². The lowest BCUT2D eigenvalue weighted by Gasteiger charge is -2.15. The van der Waals surface area contributed by atoms with Gasteiger partial charge in [0.2, 0.25) is 15.9 Å². The Balaban J connectivity index is 1.82. The van der Waals surface area contributed by atoms with E-state index < -0.39 is 21.7 Å². The molecule has 0 saturated heterocycles. The number of carbonyl (C=O) groups is 1. The van der Waals surface area contributed by atoms with Crippen LogP contribution in [0.2, 0.25) is 0 Å². The molecule has 1 aliphatic carbocycles. The van der Waals surface area contributed by atoms with Crippen molar-refractivity contribution in [3.8, 4) is 24.2 Å². The van der Waals surface area contributed by atoms with Crippen LogP contribution in [-0.2, 0) is 21.2 Å². The second-order valence-electron chi connectivity index (χ2n) is 9.77. The maximum absolute atomic E-state index is 12.4. The zero-order valence-electron chi connectivity index (χ0n) is 22.9. The molecule has 10 heteroatoms. The molecular weight excluding hydrogens is 514 g/mol.